The second-order valence-electron chi connectivity index (χ2n) is 5.55. The summed E-state index contributed by atoms with van der Waals surface area (Å²) in [5.74, 6) is 1.85. The topological polar surface area (TPSA) is 19.4 Å². The maximum absolute atomic E-state index is 4.70. The first-order valence-electron chi connectivity index (χ1n) is 7.17. The predicted octanol–water partition coefficient (Wildman–Crippen LogP) is 3.59. The van der Waals surface area contributed by atoms with Crippen LogP contribution in [0.5, 0.6) is 0 Å². The summed E-state index contributed by atoms with van der Waals surface area (Å²) >= 11 is 1.72. The van der Waals surface area contributed by atoms with E-state index in [0.29, 0.717) is 5.92 Å². The highest BCUT2D eigenvalue weighted by Gasteiger charge is 2.22. The van der Waals surface area contributed by atoms with Crippen molar-refractivity contribution >= 4 is 22.3 Å². The lowest BCUT2D eigenvalue weighted by atomic mass is 9.89. The lowest BCUT2D eigenvalue weighted by Gasteiger charge is -2.32. The Hall–Kier alpha value is -1.55. The number of benzene rings is 1. The van der Waals surface area contributed by atoms with Gasteiger partial charge in [0.15, 0.2) is 5.13 Å². The van der Waals surface area contributed by atoms with E-state index in [2.05, 4.69) is 45.5 Å². The van der Waals surface area contributed by atoms with E-state index in [4.69, 9.17) is 4.98 Å². The molecule has 0 radical (unpaired) electrons. The van der Waals surface area contributed by atoms with Gasteiger partial charge in [0.05, 0.1) is 0 Å². The van der Waals surface area contributed by atoms with Crippen LogP contribution in [0.3, 0.4) is 0 Å². The van der Waals surface area contributed by atoms with Gasteiger partial charge in [0.2, 0.25) is 0 Å². The zero-order chi connectivity index (χ0) is 13.9. The van der Waals surface area contributed by atoms with E-state index in [9.17, 15) is 0 Å². The first-order chi connectivity index (χ1) is 9.74. The number of thiazole rings is 1. The summed E-state index contributed by atoms with van der Waals surface area (Å²) < 4.78 is 0. The Morgan fingerprint density at radius 3 is 2.45 bits per heavy atom. The highest BCUT2D eigenvalue weighted by atomic mass is 32.1. The normalized spacial score (nSPS) is 16.4. The number of hydrogen-bond acceptors (Lipinski definition) is 4. The van der Waals surface area contributed by atoms with Gasteiger partial charge in [-0.05, 0) is 24.3 Å². The summed E-state index contributed by atoms with van der Waals surface area (Å²) in [7, 11) is 4.09. The summed E-state index contributed by atoms with van der Waals surface area (Å²) in [5.41, 5.74) is 1.49. The maximum Gasteiger partial charge on any atom is 0.186 e. The van der Waals surface area contributed by atoms with E-state index in [-0.39, 0.29) is 0 Å². The number of anilines is 2. The molecule has 3 nitrogen and oxygen atoms in total. The Labute approximate surface area is 124 Å². The molecule has 1 aromatic heterocycles. The van der Waals surface area contributed by atoms with Crippen LogP contribution < -0.4 is 9.80 Å². The van der Waals surface area contributed by atoms with Crippen LogP contribution in [-0.4, -0.2) is 32.2 Å². The van der Waals surface area contributed by atoms with Gasteiger partial charge in [0, 0.05) is 32.6 Å². The van der Waals surface area contributed by atoms with Crippen LogP contribution in [-0.2, 0) is 0 Å². The van der Waals surface area contributed by atoms with Crippen molar-refractivity contribution in [1.29, 1.82) is 0 Å². The van der Waals surface area contributed by atoms with E-state index in [1.54, 1.807) is 11.3 Å². The van der Waals surface area contributed by atoms with E-state index < -0.39 is 0 Å². The SMILES string of the molecule is CN(C)c1nc(N2CCC(c3ccccc3)CC2)cs1. The summed E-state index contributed by atoms with van der Waals surface area (Å²) in [4.78, 5) is 9.20. The molecule has 2 heterocycles. The molecule has 0 spiro atoms. The molecule has 0 atom stereocenters. The first-order valence-corrected chi connectivity index (χ1v) is 8.05. The molecular weight excluding hydrogens is 266 g/mol. The Kier molecular flexibility index (Phi) is 3.92. The van der Waals surface area contributed by atoms with Crippen molar-refractivity contribution in [2.45, 2.75) is 18.8 Å². The van der Waals surface area contributed by atoms with Gasteiger partial charge in [0.25, 0.3) is 0 Å². The fourth-order valence-electron chi connectivity index (χ4n) is 2.77. The highest BCUT2D eigenvalue weighted by molar-refractivity contribution is 7.14. The molecule has 0 unspecified atom stereocenters. The van der Waals surface area contributed by atoms with Crippen molar-refractivity contribution in [1.82, 2.24) is 4.98 Å². The molecular formula is C16H21N3S. The van der Waals surface area contributed by atoms with Gasteiger partial charge in [-0.3, -0.25) is 0 Å². The second kappa shape index (κ2) is 5.83. The molecule has 20 heavy (non-hydrogen) atoms. The molecule has 1 aromatic carbocycles. The largest absolute Gasteiger partial charge is 0.356 e. The number of nitrogens with zero attached hydrogens (tertiary/aromatic N) is 3. The standard InChI is InChI=1S/C16H21N3S/c1-18(2)16-17-15(12-20-16)19-10-8-14(9-11-19)13-6-4-3-5-7-13/h3-7,12,14H,8-11H2,1-2H3. The van der Waals surface area contributed by atoms with Crippen LogP contribution in [0, 0.1) is 0 Å². The Bertz CT molecular complexity index is 542. The molecule has 0 aliphatic carbocycles. The third-order valence-electron chi connectivity index (χ3n) is 3.95. The number of piperidine rings is 1. The summed E-state index contributed by atoms with van der Waals surface area (Å²) in [6.07, 6.45) is 2.44. The minimum Gasteiger partial charge on any atom is -0.356 e. The van der Waals surface area contributed by atoms with Crippen LogP contribution in [0.25, 0.3) is 0 Å². The van der Waals surface area contributed by atoms with E-state index >= 15 is 0 Å². The molecule has 106 valence electrons. The van der Waals surface area contributed by atoms with Crippen LogP contribution in [0.15, 0.2) is 35.7 Å². The smallest absolute Gasteiger partial charge is 0.186 e. The number of hydrogen-bond donors (Lipinski definition) is 0. The van der Waals surface area contributed by atoms with Gasteiger partial charge in [0.1, 0.15) is 5.82 Å². The second-order valence-corrected chi connectivity index (χ2v) is 6.39. The molecule has 1 aliphatic rings. The van der Waals surface area contributed by atoms with Crippen molar-refractivity contribution in [2.24, 2.45) is 0 Å². The molecule has 0 saturated carbocycles. The molecule has 0 amide bonds. The van der Waals surface area contributed by atoms with Gasteiger partial charge in [-0.15, -0.1) is 11.3 Å². The summed E-state index contributed by atoms with van der Waals surface area (Å²) in [5, 5.41) is 3.27. The quantitative estimate of drug-likeness (QED) is 0.860. The highest BCUT2D eigenvalue weighted by Crippen LogP contribution is 2.32. The zero-order valence-corrected chi connectivity index (χ0v) is 12.9. The molecule has 1 fully saturated rings. The van der Waals surface area contributed by atoms with E-state index in [1.807, 2.05) is 14.1 Å². The summed E-state index contributed by atoms with van der Waals surface area (Å²) in [6, 6.07) is 10.9. The lowest BCUT2D eigenvalue weighted by Crippen LogP contribution is -2.33. The average molecular weight is 287 g/mol. The van der Waals surface area contributed by atoms with Crippen molar-refractivity contribution < 1.29 is 0 Å². The van der Waals surface area contributed by atoms with Crippen molar-refractivity contribution in [3.8, 4) is 0 Å². The van der Waals surface area contributed by atoms with Gasteiger partial charge < -0.3 is 9.80 Å². The van der Waals surface area contributed by atoms with Crippen LogP contribution in [0.1, 0.15) is 24.3 Å². The maximum atomic E-state index is 4.70. The van der Waals surface area contributed by atoms with Crippen LogP contribution >= 0.6 is 11.3 Å². The van der Waals surface area contributed by atoms with E-state index in [0.717, 1.165) is 24.0 Å². The molecule has 2 aromatic rings. The molecule has 0 bridgehead atoms. The van der Waals surface area contributed by atoms with Gasteiger partial charge in [-0.1, -0.05) is 30.3 Å². The minimum absolute atomic E-state index is 0.708. The van der Waals surface area contributed by atoms with Crippen molar-refractivity contribution in [3.63, 3.8) is 0 Å². The average Bonchev–Trinajstić information content (AvgIpc) is 2.98. The third kappa shape index (κ3) is 2.80. The Morgan fingerprint density at radius 2 is 1.85 bits per heavy atom. The summed E-state index contributed by atoms with van der Waals surface area (Å²) in [6.45, 7) is 2.21. The minimum atomic E-state index is 0.708. The van der Waals surface area contributed by atoms with Crippen molar-refractivity contribution in [2.75, 3.05) is 37.0 Å². The Balaban J connectivity index is 1.63. The monoisotopic (exact) mass is 287 g/mol. The number of rotatable bonds is 3. The number of aromatic nitrogens is 1. The van der Waals surface area contributed by atoms with Gasteiger partial charge in [-0.25, -0.2) is 4.98 Å². The van der Waals surface area contributed by atoms with Crippen molar-refractivity contribution in [3.05, 3.63) is 41.3 Å². The Morgan fingerprint density at radius 1 is 1.15 bits per heavy atom. The third-order valence-corrected chi connectivity index (χ3v) is 4.95. The fraction of sp³-hybridized carbons (Fsp3) is 0.438. The van der Waals surface area contributed by atoms with Crippen LogP contribution in [0.2, 0.25) is 0 Å². The zero-order valence-electron chi connectivity index (χ0n) is 12.1. The van der Waals surface area contributed by atoms with Gasteiger partial charge in [-0.2, -0.15) is 0 Å². The first kappa shape index (κ1) is 13.4. The molecule has 3 rings (SSSR count). The molecule has 0 N–H and O–H groups in total. The molecule has 1 aliphatic heterocycles. The molecule has 4 heteroatoms. The predicted molar refractivity (Wildman–Crippen MR) is 87.1 cm³/mol. The van der Waals surface area contributed by atoms with Crippen LogP contribution in [0.4, 0.5) is 10.9 Å². The lowest BCUT2D eigenvalue weighted by molar-refractivity contribution is 0.503. The van der Waals surface area contributed by atoms with E-state index in [1.165, 1.54) is 18.4 Å². The fourth-order valence-corrected chi connectivity index (χ4v) is 3.54. The molecule has 1 saturated heterocycles. The van der Waals surface area contributed by atoms with Gasteiger partial charge >= 0.3 is 0 Å².